The third kappa shape index (κ3) is 4.03. The van der Waals surface area contributed by atoms with Gasteiger partial charge < -0.3 is 14.1 Å². The van der Waals surface area contributed by atoms with Crippen LogP contribution in [0, 0.1) is 0 Å². The molecule has 0 bridgehead atoms. The third-order valence-electron chi connectivity index (χ3n) is 6.00. The first-order valence-corrected chi connectivity index (χ1v) is 11.5. The lowest BCUT2D eigenvalue weighted by atomic mass is 10.0. The van der Waals surface area contributed by atoms with Gasteiger partial charge in [0, 0.05) is 17.0 Å². The van der Waals surface area contributed by atoms with Crippen molar-refractivity contribution in [1.29, 1.82) is 0 Å². The average molecular weight is 436 g/mol. The predicted molar refractivity (Wildman–Crippen MR) is 123 cm³/mol. The lowest BCUT2D eigenvalue weighted by Crippen LogP contribution is -2.30. The minimum atomic E-state index is -0.108. The van der Waals surface area contributed by atoms with Gasteiger partial charge in [-0.25, -0.2) is 4.98 Å². The first kappa shape index (κ1) is 20.0. The molecule has 1 atom stereocenters. The van der Waals surface area contributed by atoms with Crippen LogP contribution in [0.25, 0.3) is 21.5 Å². The lowest BCUT2D eigenvalue weighted by Gasteiger charge is -2.30. The van der Waals surface area contributed by atoms with Crippen LogP contribution in [-0.2, 0) is 6.54 Å². The van der Waals surface area contributed by atoms with Crippen molar-refractivity contribution in [3.63, 3.8) is 0 Å². The number of fused-ring (bicyclic) bond motifs is 1. The van der Waals surface area contributed by atoms with E-state index in [1.165, 1.54) is 29.7 Å². The van der Waals surface area contributed by atoms with Gasteiger partial charge in [0.15, 0.2) is 0 Å². The fraction of sp³-hybridized carbons (Fsp3) is 0.333. The number of nitrogens with one attached hydrogen (secondary N) is 1. The number of likely N-dealkylation sites (tertiary alicyclic amines) is 1. The van der Waals surface area contributed by atoms with Gasteiger partial charge in [0.05, 0.1) is 25.3 Å². The Kier molecular flexibility index (Phi) is 5.61. The topological polar surface area (TPSA) is 71.4 Å². The molecule has 0 radical (unpaired) electrons. The smallest absolute Gasteiger partial charge is 0.260 e. The van der Waals surface area contributed by atoms with Crippen molar-refractivity contribution in [1.82, 2.24) is 14.9 Å². The van der Waals surface area contributed by atoms with Crippen LogP contribution in [0.1, 0.15) is 43.1 Å². The van der Waals surface area contributed by atoms with E-state index in [9.17, 15) is 4.79 Å². The van der Waals surface area contributed by atoms with Crippen molar-refractivity contribution in [2.24, 2.45) is 0 Å². The zero-order chi connectivity index (χ0) is 21.2. The fourth-order valence-electron chi connectivity index (χ4n) is 4.43. The maximum Gasteiger partial charge on any atom is 0.260 e. The Morgan fingerprint density at radius 1 is 1.23 bits per heavy atom. The predicted octanol–water partition coefficient (Wildman–Crippen LogP) is 5.37. The molecule has 1 aliphatic heterocycles. The Morgan fingerprint density at radius 3 is 2.87 bits per heavy atom. The highest BCUT2D eigenvalue weighted by atomic mass is 32.1. The van der Waals surface area contributed by atoms with E-state index >= 15 is 0 Å². The van der Waals surface area contributed by atoms with Crippen LogP contribution in [0.15, 0.2) is 57.3 Å². The van der Waals surface area contributed by atoms with Crippen LogP contribution in [0.2, 0.25) is 0 Å². The van der Waals surface area contributed by atoms with Crippen molar-refractivity contribution >= 4 is 21.6 Å². The monoisotopic (exact) mass is 435 g/mol. The molecule has 0 unspecified atom stereocenters. The maximum atomic E-state index is 12.9. The van der Waals surface area contributed by atoms with Crippen LogP contribution in [0.3, 0.4) is 0 Å². The van der Waals surface area contributed by atoms with E-state index in [0.717, 1.165) is 35.5 Å². The van der Waals surface area contributed by atoms with E-state index in [-0.39, 0.29) is 5.56 Å². The van der Waals surface area contributed by atoms with Gasteiger partial charge in [0.25, 0.3) is 5.56 Å². The summed E-state index contributed by atoms with van der Waals surface area (Å²) in [7, 11) is 1.69. The third-order valence-corrected chi connectivity index (χ3v) is 6.87. The second kappa shape index (κ2) is 8.69. The molecule has 0 saturated carbocycles. The van der Waals surface area contributed by atoms with E-state index in [0.29, 0.717) is 29.6 Å². The normalized spacial score (nSPS) is 17.6. The van der Waals surface area contributed by atoms with Crippen LogP contribution in [0.4, 0.5) is 0 Å². The highest BCUT2D eigenvalue weighted by molar-refractivity contribution is 7.17. The Labute approximate surface area is 184 Å². The van der Waals surface area contributed by atoms with E-state index < -0.39 is 0 Å². The van der Waals surface area contributed by atoms with Crippen molar-refractivity contribution in [3.8, 4) is 17.1 Å². The molecule has 1 saturated heterocycles. The standard InChI is InChI=1S/C24H25N3O3S/c1-29-17-10-8-16(9-11-17)19-6-3-2-4-12-27(19)14-21-25-23(28)22-18(15-31-24(22)26-21)20-7-5-13-30-20/h5,7-11,13,15,19H,2-4,6,12,14H2,1H3,(H,25,26,28)/t19-/m0/s1. The molecule has 0 amide bonds. The van der Waals surface area contributed by atoms with E-state index in [1.807, 2.05) is 29.6 Å². The lowest BCUT2D eigenvalue weighted by molar-refractivity contribution is 0.187. The van der Waals surface area contributed by atoms with Crippen LogP contribution in [-0.4, -0.2) is 28.5 Å². The zero-order valence-electron chi connectivity index (χ0n) is 17.5. The molecule has 3 aromatic heterocycles. The SMILES string of the molecule is COc1ccc([C@@H]2CCCCCN2Cc2nc3scc(-c4ccco4)c3c(=O)[nH]2)cc1. The number of furan rings is 1. The number of methoxy groups -OCH3 is 1. The van der Waals surface area contributed by atoms with Gasteiger partial charge in [-0.15, -0.1) is 11.3 Å². The second-order valence-corrected chi connectivity index (χ2v) is 8.79. The molecule has 4 heterocycles. The van der Waals surface area contributed by atoms with Gasteiger partial charge in [-0.1, -0.05) is 25.0 Å². The van der Waals surface area contributed by atoms with Crippen molar-refractivity contribution in [2.45, 2.75) is 38.3 Å². The molecule has 1 N–H and O–H groups in total. The number of ether oxygens (including phenoxy) is 1. The van der Waals surface area contributed by atoms with Gasteiger partial charge in [-0.2, -0.15) is 0 Å². The molecule has 1 aromatic carbocycles. The number of benzene rings is 1. The number of aromatic nitrogens is 2. The summed E-state index contributed by atoms with van der Waals surface area (Å²) in [5.41, 5.74) is 1.97. The number of hydrogen-bond donors (Lipinski definition) is 1. The van der Waals surface area contributed by atoms with Gasteiger partial charge in [0.2, 0.25) is 0 Å². The van der Waals surface area contributed by atoms with Crippen molar-refractivity contribution in [3.05, 3.63) is 69.8 Å². The van der Waals surface area contributed by atoms with Gasteiger partial charge in [-0.3, -0.25) is 9.69 Å². The number of H-pyrrole nitrogens is 1. The summed E-state index contributed by atoms with van der Waals surface area (Å²) in [6.07, 6.45) is 6.30. The maximum absolute atomic E-state index is 12.9. The summed E-state index contributed by atoms with van der Waals surface area (Å²) in [5.74, 6) is 2.27. The van der Waals surface area contributed by atoms with Crippen molar-refractivity contribution < 1.29 is 9.15 Å². The summed E-state index contributed by atoms with van der Waals surface area (Å²) in [4.78, 5) is 24.0. The van der Waals surface area contributed by atoms with E-state index in [2.05, 4.69) is 22.0 Å². The molecule has 160 valence electrons. The summed E-state index contributed by atoms with van der Waals surface area (Å²) >= 11 is 1.48. The molecular formula is C24H25N3O3S. The number of nitrogens with zero attached hydrogens (tertiary/aromatic N) is 2. The van der Waals surface area contributed by atoms with Crippen LogP contribution in [0.5, 0.6) is 5.75 Å². The Hall–Kier alpha value is -2.90. The van der Waals surface area contributed by atoms with E-state index in [1.54, 1.807) is 13.4 Å². The molecule has 6 nitrogen and oxygen atoms in total. The molecule has 0 spiro atoms. The molecule has 0 aliphatic carbocycles. The molecule has 1 aliphatic rings. The van der Waals surface area contributed by atoms with Crippen LogP contribution < -0.4 is 10.3 Å². The Morgan fingerprint density at radius 2 is 2.10 bits per heavy atom. The molecule has 5 rings (SSSR count). The second-order valence-electron chi connectivity index (χ2n) is 7.93. The molecule has 7 heteroatoms. The van der Waals surface area contributed by atoms with Crippen LogP contribution >= 0.6 is 11.3 Å². The number of thiophene rings is 1. The quantitative estimate of drug-likeness (QED) is 0.456. The number of rotatable bonds is 5. The molecule has 31 heavy (non-hydrogen) atoms. The number of hydrogen-bond acceptors (Lipinski definition) is 6. The molecule has 4 aromatic rings. The zero-order valence-corrected chi connectivity index (χ0v) is 18.3. The molecular weight excluding hydrogens is 410 g/mol. The largest absolute Gasteiger partial charge is 0.497 e. The minimum absolute atomic E-state index is 0.108. The summed E-state index contributed by atoms with van der Waals surface area (Å²) < 4.78 is 10.8. The van der Waals surface area contributed by atoms with Gasteiger partial charge >= 0.3 is 0 Å². The average Bonchev–Trinajstić information content (AvgIpc) is 3.40. The summed E-state index contributed by atoms with van der Waals surface area (Å²) in [6.45, 7) is 1.61. The summed E-state index contributed by atoms with van der Waals surface area (Å²) in [6, 6.07) is 12.3. The van der Waals surface area contributed by atoms with Gasteiger partial charge in [0.1, 0.15) is 22.2 Å². The molecule has 1 fully saturated rings. The summed E-state index contributed by atoms with van der Waals surface area (Å²) in [5, 5.41) is 2.55. The van der Waals surface area contributed by atoms with Gasteiger partial charge in [-0.05, 0) is 49.2 Å². The minimum Gasteiger partial charge on any atom is -0.497 e. The fourth-order valence-corrected chi connectivity index (χ4v) is 5.38. The first-order valence-electron chi connectivity index (χ1n) is 10.6. The first-order chi connectivity index (χ1) is 15.2. The highest BCUT2D eigenvalue weighted by Crippen LogP contribution is 2.33. The Balaban J connectivity index is 1.45. The Bertz CT molecular complexity index is 1210. The number of aromatic amines is 1. The highest BCUT2D eigenvalue weighted by Gasteiger charge is 2.24. The van der Waals surface area contributed by atoms with Crippen molar-refractivity contribution in [2.75, 3.05) is 13.7 Å². The van der Waals surface area contributed by atoms with E-state index in [4.69, 9.17) is 14.1 Å².